The minimum absolute atomic E-state index is 0.0246. The van der Waals surface area contributed by atoms with E-state index in [0.29, 0.717) is 10.7 Å². The third-order valence-corrected chi connectivity index (χ3v) is 6.07. The Balaban J connectivity index is 1.50. The Hall–Kier alpha value is -1.70. The van der Waals surface area contributed by atoms with E-state index in [-0.39, 0.29) is 12.3 Å². The Morgan fingerprint density at radius 3 is 2.56 bits per heavy atom. The van der Waals surface area contributed by atoms with E-state index >= 15 is 0 Å². The van der Waals surface area contributed by atoms with E-state index in [4.69, 9.17) is 0 Å². The molecule has 128 valence electrons. The van der Waals surface area contributed by atoms with Gasteiger partial charge < -0.3 is 5.32 Å². The van der Waals surface area contributed by atoms with Crippen LogP contribution in [0, 0.1) is 6.92 Å². The Kier molecular flexibility index (Phi) is 6.23. The van der Waals surface area contributed by atoms with Crippen molar-refractivity contribution >= 4 is 49.9 Å². The van der Waals surface area contributed by atoms with Crippen LogP contribution >= 0.6 is 39.0 Å². The lowest BCUT2D eigenvalue weighted by Gasteiger charge is -2.02. The quantitative estimate of drug-likeness (QED) is 0.409. The number of rotatable bonds is 7. The van der Waals surface area contributed by atoms with Crippen LogP contribution in [0.1, 0.15) is 21.5 Å². The normalized spacial score (nSPS) is 10.6. The standard InChI is InChI=1S/C18H16BrN3OS2/c1-12-2-4-13(5-3-12)11-24-18-22-21-17(25-18)20-10-16(23)14-6-8-15(19)9-7-14/h2-9H,10-11H2,1H3,(H,20,21). The summed E-state index contributed by atoms with van der Waals surface area (Å²) in [5.74, 6) is 0.878. The topological polar surface area (TPSA) is 54.9 Å². The van der Waals surface area contributed by atoms with Crippen molar-refractivity contribution in [1.82, 2.24) is 10.2 Å². The third kappa shape index (κ3) is 5.39. The Morgan fingerprint density at radius 1 is 1.12 bits per heavy atom. The predicted molar refractivity (Wildman–Crippen MR) is 108 cm³/mol. The molecule has 0 atom stereocenters. The predicted octanol–water partition coefficient (Wildman–Crippen LogP) is 5.20. The molecular formula is C18H16BrN3OS2. The SMILES string of the molecule is Cc1ccc(CSc2nnc(NCC(=O)c3ccc(Br)cc3)s2)cc1. The molecule has 0 radical (unpaired) electrons. The number of aryl methyl sites for hydroxylation is 1. The third-order valence-electron chi connectivity index (χ3n) is 3.46. The second kappa shape index (κ2) is 8.60. The highest BCUT2D eigenvalue weighted by atomic mass is 79.9. The van der Waals surface area contributed by atoms with Gasteiger partial charge in [0.2, 0.25) is 5.13 Å². The van der Waals surface area contributed by atoms with Crippen molar-refractivity contribution in [3.8, 4) is 0 Å². The van der Waals surface area contributed by atoms with Crippen LogP contribution in [0.15, 0.2) is 57.3 Å². The van der Waals surface area contributed by atoms with Gasteiger partial charge in [-0.25, -0.2) is 0 Å². The number of halogens is 1. The summed E-state index contributed by atoms with van der Waals surface area (Å²) in [5.41, 5.74) is 3.19. The van der Waals surface area contributed by atoms with Crippen LogP contribution in [0.2, 0.25) is 0 Å². The van der Waals surface area contributed by atoms with Gasteiger partial charge >= 0.3 is 0 Å². The molecule has 0 aliphatic rings. The lowest BCUT2D eigenvalue weighted by Crippen LogP contribution is -2.13. The molecule has 3 rings (SSSR count). The van der Waals surface area contributed by atoms with Gasteiger partial charge in [-0.05, 0) is 24.6 Å². The Morgan fingerprint density at radius 2 is 1.84 bits per heavy atom. The van der Waals surface area contributed by atoms with Crippen LogP contribution in [-0.2, 0) is 5.75 Å². The average molecular weight is 434 g/mol. The summed E-state index contributed by atoms with van der Waals surface area (Å²) in [6.07, 6.45) is 0. The molecule has 0 aliphatic heterocycles. The zero-order chi connectivity index (χ0) is 17.6. The molecule has 0 unspecified atom stereocenters. The minimum Gasteiger partial charge on any atom is -0.353 e. The Labute approximate surface area is 163 Å². The van der Waals surface area contributed by atoms with E-state index in [0.717, 1.165) is 14.6 Å². The number of anilines is 1. The van der Waals surface area contributed by atoms with Gasteiger partial charge in [0.1, 0.15) is 0 Å². The summed E-state index contributed by atoms with van der Waals surface area (Å²) >= 11 is 6.47. The van der Waals surface area contributed by atoms with Gasteiger partial charge in [0, 0.05) is 15.8 Å². The minimum atomic E-state index is 0.0246. The number of nitrogens with zero attached hydrogens (tertiary/aromatic N) is 2. The van der Waals surface area contributed by atoms with E-state index in [2.05, 4.69) is 62.6 Å². The highest BCUT2D eigenvalue weighted by molar-refractivity contribution is 9.10. The van der Waals surface area contributed by atoms with Crippen LogP contribution < -0.4 is 5.32 Å². The molecule has 0 amide bonds. The van der Waals surface area contributed by atoms with Crippen molar-refractivity contribution in [2.75, 3.05) is 11.9 Å². The molecule has 0 fully saturated rings. The average Bonchev–Trinajstić information content (AvgIpc) is 3.08. The van der Waals surface area contributed by atoms with Crippen LogP contribution in [0.3, 0.4) is 0 Å². The first-order chi connectivity index (χ1) is 12.1. The Bertz CT molecular complexity index is 848. The number of thioether (sulfide) groups is 1. The van der Waals surface area contributed by atoms with Gasteiger partial charge in [-0.3, -0.25) is 4.79 Å². The van der Waals surface area contributed by atoms with Crippen LogP contribution in [0.4, 0.5) is 5.13 Å². The molecule has 1 N–H and O–H groups in total. The van der Waals surface area contributed by atoms with Crippen molar-refractivity contribution in [1.29, 1.82) is 0 Å². The summed E-state index contributed by atoms with van der Waals surface area (Å²) in [6, 6.07) is 15.8. The number of benzene rings is 2. The number of hydrogen-bond acceptors (Lipinski definition) is 6. The first-order valence-electron chi connectivity index (χ1n) is 7.64. The number of carbonyl (C=O) groups is 1. The van der Waals surface area contributed by atoms with E-state index in [1.807, 2.05) is 12.1 Å². The molecule has 0 saturated heterocycles. The highest BCUT2D eigenvalue weighted by Gasteiger charge is 2.09. The fourth-order valence-electron chi connectivity index (χ4n) is 2.06. The van der Waals surface area contributed by atoms with E-state index in [1.54, 1.807) is 23.9 Å². The maximum atomic E-state index is 12.1. The van der Waals surface area contributed by atoms with Gasteiger partial charge in [0.05, 0.1) is 6.54 Å². The smallest absolute Gasteiger partial charge is 0.206 e. The fraction of sp³-hybridized carbons (Fsp3) is 0.167. The zero-order valence-electron chi connectivity index (χ0n) is 13.5. The zero-order valence-corrected chi connectivity index (χ0v) is 16.7. The monoisotopic (exact) mass is 433 g/mol. The second-order valence-electron chi connectivity index (χ2n) is 5.43. The lowest BCUT2D eigenvalue weighted by molar-refractivity contribution is 0.101. The van der Waals surface area contributed by atoms with Gasteiger partial charge in [-0.2, -0.15) is 0 Å². The molecule has 3 aromatic rings. The summed E-state index contributed by atoms with van der Waals surface area (Å²) in [7, 11) is 0. The molecule has 4 nitrogen and oxygen atoms in total. The summed E-state index contributed by atoms with van der Waals surface area (Å²) in [4.78, 5) is 12.1. The van der Waals surface area contributed by atoms with E-state index in [9.17, 15) is 4.79 Å². The molecule has 25 heavy (non-hydrogen) atoms. The van der Waals surface area contributed by atoms with Crippen molar-refractivity contribution in [2.45, 2.75) is 17.0 Å². The van der Waals surface area contributed by atoms with Crippen LogP contribution in [0.5, 0.6) is 0 Å². The van der Waals surface area contributed by atoms with Crippen molar-refractivity contribution in [2.24, 2.45) is 0 Å². The van der Waals surface area contributed by atoms with Crippen LogP contribution in [-0.4, -0.2) is 22.5 Å². The molecule has 2 aromatic carbocycles. The summed E-state index contributed by atoms with van der Waals surface area (Å²) < 4.78 is 1.84. The van der Waals surface area contributed by atoms with Gasteiger partial charge in [-0.15, -0.1) is 10.2 Å². The number of Topliss-reactive ketones (excluding diaryl/α,β-unsaturated/α-hetero) is 1. The molecule has 1 heterocycles. The molecule has 1 aromatic heterocycles. The van der Waals surface area contributed by atoms with Crippen molar-refractivity contribution in [3.63, 3.8) is 0 Å². The largest absolute Gasteiger partial charge is 0.353 e. The number of aromatic nitrogens is 2. The number of hydrogen-bond donors (Lipinski definition) is 1. The molecule has 0 bridgehead atoms. The first-order valence-corrected chi connectivity index (χ1v) is 10.2. The van der Waals surface area contributed by atoms with Gasteiger partial charge in [0.15, 0.2) is 10.1 Å². The lowest BCUT2D eigenvalue weighted by atomic mass is 10.1. The maximum Gasteiger partial charge on any atom is 0.206 e. The van der Waals surface area contributed by atoms with Gasteiger partial charge in [0.25, 0.3) is 0 Å². The van der Waals surface area contributed by atoms with Crippen molar-refractivity contribution < 1.29 is 4.79 Å². The number of carbonyl (C=O) groups excluding carboxylic acids is 1. The summed E-state index contributed by atoms with van der Waals surface area (Å²) in [6.45, 7) is 2.29. The number of ketones is 1. The van der Waals surface area contributed by atoms with Gasteiger partial charge in [-0.1, -0.05) is 81.0 Å². The molecule has 0 spiro atoms. The fourth-order valence-corrected chi connectivity index (χ4v) is 4.03. The van der Waals surface area contributed by atoms with E-state index in [1.165, 1.54) is 22.5 Å². The van der Waals surface area contributed by atoms with E-state index < -0.39 is 0 Å². The molecule has 0 aliphatic carbocycles. The summed E-state index contributed by atoms with van der Waals surface area (Å²) in [5, 5.41) is 12.0. The second-order valence-corrected chi connectivity index (χ2v) is 8.55. The highest BCUT2D eigenvalue weighted by Crippen LogP contribution is 2.28. The van der Waals surface area contributed by atoms with Crippen LogP contribution in [0.25, 0.3) is 0 Å². The molecular weight excluding hydrogens is 418 g/mol. The first kappa shape index (κ1) is 18.1. The molecule has 7 heteroatoms. The maximum absolute atomic E-state index is 12.1. The molecule has 0 saturated carbocycles. The van der Waals surface area contributed by atoms with Crippen molar-refractivity contribution in [3.05, 3.63) is 69.7 Å². The number of nitrogens with one attached hydrogen (secondary N) is 1.